The first-order chi connectivity index (χ1) is 8.31. The number of hydrogen-bond donors (Lipinski definition) is 0. The molecule has 0 fully saturated rings. The van der Waals surface area contributed by atoms with Crippen molar-refractivity contribution >= 4 is 10.8 Å². The van der Waals surface area contributed by atoms with Crippen LogP contribution >= 0.6 is 0 Å². The molecule has 0 saturated carbocycles. The van der Waals surface area contributed by atoms with Gasteiger partial charge in [-0.1, -0.05) is 54.1 Å². The number of rotatable bonds is 2. The Bertz CT molecular complexity index is 616. The maximum absolute atomic E-state index is 2.25. The van der Waals surface area contributed by atoms with Crippen LogP contribution in [0.1, 0.15) is 11.1 Å². The number of fused-ring (bicyclic) bond motifs is 1. The van der Waals surface area contributed by atoms with E-state index in [1.165, 1.54) is 21.9 Å². The molecular formula is C16H15N. The summed E-state index contributed by atoms with van der Waals surface area (Å²) in [5, 5.41) is 2.61. The van der Waals surface area contributed by atoms with Gasteiger partial charge >= 0.3 is 0 Å². The zero-order valence-corrected chi connectivity index (χ0v) is 9.93. The third kappa shape index (κ3) is 2.09. The summed E-state index contributed by atoms with van der Waals surface area (Å²) in [7, 11) is 0. The van der Waals surface area contributed by atoms with Gasteiger partial charge in [-0.05, 0) is 23.3 Å². The van der Waals surface area contributed by atoms with Gasteiger partial charge in [0.05, 0.1) is 0 Å². The Hall–Kier alpha value is -2.02. The van der Waals surface area contributed by atoms with Crippen LogP contribution in [0.3, 0.4) is 0 Å². The van der Waals surface area contributed by atoms with Gasteiger partial charge in [0.2, 0.25) is 0 Å². The second-order valence-corrected chi connectivity index (χ2v) is 4.55. The van der Waals surface area contributed by atoms with E-state index in [0.717, 1.165) is 6.54 Å². The van der Waals surface area contributed by atoms with Crippen LogP contribution in [0.2, 0.25) is 0 Å². The number of hydrogen-bond acceptors (Lipinski definition) is 0. The highest BCUT2D eigenvalue weighted by molar-refractivity contribution is 5.82. The average molecular weight is 221 g/mol. The topological polar surface area (TPSA) is 4.93 Å². The summed E-state index contributed by atoms with van der Waals surface area (Å²) < 4.78 is 2.25. The molecule has 0 atom stereocenters. The molecule has 17 heavy (non-hydrogen) atoms. The van der Waals surface area contributed by atoms with E-state index >= 15 is 0 Å². The first-order valence-corrected chi connectivity index (χ1v) is 5.91. The van der Waals surface area contributed by atoms with Gasteiger partial charge in [-0.3, -0.25) is 0 Å². The lowest BCUT2D eigenvalue weighted by molar-refractivity contribution is 0.809. The molecule has 0 saturated heterocycles. The van der Waals surface area contributed by atoms with Gasteiger partial charge in [-0.15, -0.1) is 0 Å². The predicted octanol–water partition coefficient (Wildman–Crippen LogP) is 4.00. The maximum Gasteiger partial charge on any atom is 0.0470 e. The molecule has 1 nitrogen and oxygen atoms in total. The summed E-state index contributed by atoms with van der Waals surface area (Å²) in [4.78, 5) is 0. The van der Waals surface area contributed by atoms with E-state index in [0.29, 0.717) is 0 Å². The Morgan fingerprint density at radius 2 is 1.59 bits per heavy atom. The highest BCUT2D eigenvalue weighted by atomic mass is 14.9. The predicted molar refractivity (Wildman–Crippen MR) is 72.2 cm³/mol. The molecule has 84 valence electrons. The zero-order chi connectivity index (χ0) is 11.7. The zero-order valence-electron chi connectivity index (χ0n) is 9.93. The Morgan fingerprint density at radius 1 is 0.882 bits per heavy atom. The normalized spacial score (nSPS) is 10.9. The second-order valence-electron chi connectivity index (χ2n) is 4.55. The SMILES string of the molecule is Cc1cccc(Cn2cc3ccccc3c2)c1. The van der Waals surface area contributed by atoms with Gasteiger partial charge in [0.1, 0.15) is 0 Å². The Kier molecular flexibility index (Phi) is 2.45. The molecule has 0 aliphatic heterocycles. The fourth-order valence-corrected chi connectivity index (χ4v) is 2.25. The Morgan fingerprint density at radius 3 is 2.24 bits per heavy atom. The first kappa shape index (κ1) is 10.2. The minimum Gasteiger partial charge on any atom is -0.349 e. The molecule has 1 heteroatoms. The van der Waals surface area contributed by atoms with Gasteiger partial charge in [-0.25, -0.2) is 0 Å². The minimum atomic E-state index is 0.941. The monoisotopic (exact) mass is 221 g/mol. The van der Waals surface area contributed by atoms with Gasteiger partial charge in [-0.2, -0.15) is 0 Å². The second kappa shape index (κ2) is 4.10. The molecule has 0 amide bonds. The van der Waals surface area contributed by atoms with Crippen molar-refractivity contribution in [1.82, 2.24) is 4.57 Å². The average Bonchev–Trinajstić information content (AvgIpc) is 2.71. The lowest BCUT2D eigenvalue weighted by atomic mass is 10.1. The third-order valence-corrected chi connectivity index (χ3v) is 3.05. The standard InChI is InChI=1S/C16H15N/c1-13-5-4-6-14(9-13)10-17-11-15-7-2-3-8-16(15)12-17/h2-9,11-12H,10H2,1H3. The summed E-state index contributed by atoms with van der Waals surface area (Å²) in [6.45, 7) is 3.08. The fourth-order valence-electron chi connectivity index (χ4n) is 2.25. The van der Waals surface area contributed by atoms with E-state index in [9.17, 15) is 0 Å². The smallest absolute Gasteiger partial charge is 0.0470 e. The van der Waals surface area contributed by atoms with Crippen LogP contribution in [0, 0.1) is 6.92 Å². The van der Waals surface area contributed by atoms with E-state index in [4.69, 9.17) is 0 Å². The molecular weight excluding hydrogens is 206 g/mol. The number of benzene rings is 2. The highest BCUT2D eigenvalue weighted by Gasteiger charge is 1.99. The fraction of sp³-hybridized carbons (Fsp3) is 0.125. The van der Waals surface area contributed by atoms with E-state index in [1.807, 2.05) is 0 Å². The van der Waals surface area contributed by atoms with Gasteiger partial charge < -0.3 is 4.57 Å². The summed E-state index contributed by atoms with van der Waals surface area (Å²) in [5.74, 6) is 0. The van der Waals surface area contributed by atoms with Gasteiger partial charge in [0.15, 0.2) is 0 Å². The summed E-state index contributed by atoms with van der Waals surface area (Å²) in [6, 6.07) is 17.1. The lowest BCUT2D eigenvalue weighted by Crippen LogP contribution is -1.95. The summed E-state index contributed by atoms with van der Waals surface area (Å²) >= 11 is 0. The van der Waals surface area contributed by atoms with Crippen molar-refractivity contribution in [2.75, 3.05) is 0 Å². The van der Waals surface area contributed by atoms with Crippen LogP contribution in [0.25, 0.3) is 10.8 Å². The number of aromatic nitrogens is 1. The number of nitrogens with zero attached hydrogens (tertiary/aromatic N) is 1. The molecule has 3 rings (SSSR count). The summed E-state index contributed by atoms with van der Waals surface area (Å²) in [5.41, 5.74) is 2.67. The van der Waals surface area contributed by atoms with Crippen molar-refractivity contribution < 1.29 is 0 Å². The van der Waals surface area contributed by atoms with Crippen molar-refractivity contribution in [1.29, 1.82) is 0 Å². The molecule has 3 aromatic rings. The molecule has 0 unspecified atom stereocenters. The Balaban J connectivity index is 1.94. The van der Waals surface area contributed by atoms with Crippen molar-refractivity contribution in [3.63, 3.8) is 0 Å². The molecule has 0 N–H and O–H groups in total. The number of aryl methyl sites for hydroxylation is 1. The van der Waals surface area contributed by atoms with Crippen molar-refractivity contribution in [3.8, 4) is 0 Å². The lowest BCUT2D eigenvalue weighted by Gasteiger charge is -2.03. The van der Waals surface area contributed by atoms with Crippen molar-refractivity contribution in [2.24, 2.45) is 0 Å². The molecule has 0 spiro atoms. The van der Waals surface area contributed by atoms with Crippen LogP contribution in [-0.2, 0) is 6.54 Å². The quantitative estimate of drug-likeness (QED) is 0.616. The molecule has 0 bridgehead atoms. The minimum absolute atomic E-state index is 0.941. The van der Waals surface area contributed by atoms with Crippen LogP contribution in [-0.4, -0.2) is 4.57 Å². The molecule has 1 heterocycles. The molecule has 0 aliphatic rings. The highest BCUT2D eigenvalue weighted by Crippen LogP contribution is 2.16. The van der Waals surface area contributed by atoms with E-state index in [1.54, 1.807) is 0 Å². The van der Waals surface area contributed by atoms with Crippen LogP contribution in [0.15, 0.2) is 60.9 Å². The Labute approximate surface area is 101 Å². The molecule has 2 aromatic carbocycles. The maximum atomic E-state index is 2.25. The van der Waals surface area contributed by atoms with Crippen molar-refractivity contribution in [3.05, 3.63) is 72.1 Å². The van der Waals surface area contributed by atoms with Crippen LogP contribution in [0.4, 0.5) is 0 Å². The van der Waals surface area contributed by atoms with Crippen molar-refractivity contribution in [2.45, 2.75) is 13.5 Å². The van der Waals surface area contributed by atoms with E-state index in [-0.39, 0.29) is 0 Å². The van der Waals surface area contributed by atoms with Crippen LogP contribution < -0.4 is 0 Å². The van der Waals surface area contributed by atoms with Crippen LogP contribution in [0.5, 0.6) is 0 Å². The molecule has 1 aromatic heterocycles. The van der Waals surface area contributed by atoms with Gasteiger partial charge in [0, 0.05) is 18.9 Å². The largest absolute Gasteiger partial charge is 0.349 e. The third-order valence-electron chi connectivity index (χ3n) is 3.05. The first-order valence-electron chi connectivity index (χ1n) is 5.91. The van der Waals surface area contributed by atoms with E-state index in [2.05, 4.69) is 72.4 Å². The van der Waals surface area contributed by atoms with Gasteiger partial charge in [0.25, 0.3) is 0 Å². The molecule has 0 aliphatic carbocycles. The van der Waals surface area contributed by atoms with E-state index < -0.39 is 0 Å². The molecule has 0 radical (unpaired) electrons. The summed E-state index contributed by atoms with van der Waals surface area (Å²) in [6.07, 6.45) is 4.41.